The molecule has 3 atom stereocenters. The lowest BCUT2D eigenvalue weighted by atomic mass is 9.92. The number of ether oxygens (including phenoxy) is 3. The van der Waals surface area contributed by atoms with Crippen LogP contribution in [0.3, 0.4) is 0 Å². The molecule has 0 aliphatic rings. The van der Waals surface area contributed by atoms with Crippen molar-refractivity contribution in [3.05, 3.63) is 0 Å². The van der Waals surface area contributed by atoms with Gasteiger partial charge in [-0.3, -0.25) is 14.4 Å². The van der Waals surface area contributed by atoms with Crippen LogP contribution in [0.25, 0.3) is 0 Å². The maximum atomic E-state index is 12.5. The van der Waals surface area contributed by atoms with Gasteiger partial charge in [-0.1, -0.05) is 13.8 Å². The molecule has 0 aromatic carbocycles. The number of hydrogen-bond acceptors (Lipinski definition) is 8. The predicted octanol–water partition coefficient (Wildman–Crippen LogP) is 1.14. The molecule has 0 saturated heterocycles. The summed E-state index contributed by atoms with van der Waals surface area (Å²) in [5, 5.41) is 11.7. The number of carbonyl (C=O) groups excluding carboxylic acids is 3. The zero-order chi connectivity index (χ0) is 22.2. The minimum absolute atomic E-state index is 0.0640. The first-order valence-corrected chi connectivity index (χ1v) is 11.0. The van der Waals surface area contributed by atoms with Crippen molar-refractivity contribution in [2.75, 3.05) is 45.5 Å². The molecule has 0 spiro atoms. The van der Waals surface area contributed by atoms with E-state index < -0.39 is 41.5 Å². The van der Waals surface area contributed by atoms with E-state index in [4.69, 9.17) is 14.2 Å². The topological polar surface area (TPSA) is 128 Å². The van der Waals surface area contributed by atoms with E-state index in [2.05, 4.69) is 5.32 Å². The van der Waals surface area contributed by atoms with Crippen LogP contribution in [0.2, 0.25) is 0 Å². The van der Waals surface area contributed by atoms with Crippen molar-refractivity contribution >= 4 is 35.4 Å². The van der Waals surface area contributed by atoms with Gasteiger partial charge in [0, 0.05) is 13.5 Å². The van der Waals surface area contributed by atoms with Gasteiger partial charge < -0.3 is 24.6 Å². The van der Waals surface area contributed by atoms with Crippen LogP contribution in [0, 0.1) is 11.8 Å². The molecule has 9 nitrogen and oxygen atoms in total. The smallest absolute Gasteiger partial charge is 0.326 e. The van der Waals surface area contributed by atoms with Gasteiger partial charge in [-0.05, 0) is 24.9 Å². The highest BCUT2D eigenvalue weighted by atomic mass is 32.2. The average molecular weight is 436 g/mol. The summed E-state index contributed by atoms with van der Waals surface area (Å²) in [5.41, 5.74) is 0. The second-order valence-electron chi connectivity index (χ2n) is 6.49. The molecule has 2 N–H and O–H groups in total. The third-order valence-electron chi connectivity index (χ3n) is 4.15. The summed E-state index contributed by atoms with van der Waals surface area (Å²) in [4.78, 5) is 48.2. The van der Waals surface area contributed by atoms with E-state index in [-0.39, 0.29) is 32.5 Å². The molecule has 0 heterocycles. The zero-order valence-corrected chi connectivity index (χ0v) is 18.4. The van der Waals surface area contributed by atoms with E-state index in [1.165, 1.54) is 11.8 Å². The van der Waals surface area contributed by atoms with Gasteiger partial charge in [-0.15, -0.1) is 0 Å². The quantitative estimate of drug-likeness (QED) is 0.196. The third kappa shape index (κ3) is 11.8. The van der Waals surface area contributed by atoms with Gasteiger partial charge in [0.1, 0.15) is 18.4 Å². The van der Waals surface area contributed by atoms with E-state index >= 15 is 0 Å². The standard InChI is InChI=1S/C19H33NO8S/c1-5-14(17(22)20-15(18(23)24)6-11-29-4)16(21)12-13(2)19(25)28-10-9-27-8-7-26-3/h13-15H,5-12H2,1-4H3,(H,20,22)(H,23,24)/t13?,14?,15-/m1/s1. The maximum absolute atomic E-state index is 12.5. The first kappa shape index (κ1) is 27.4. The van der Waals surface area contributed by atoms with Gasteiger partial charge in [0.2, 0.25) is 5.91 Å². The number of rotatable bonds is 17. The Morgan fingerprint density at radius 1 is 1.10 bits per heavy atom. The molecule has 0 aromatic rings. The highest BCUT2D eigenvalue weighted by Gasteiger charge is 2.31. The number of aliphatic carboxylic acids is 1. The molecule has 0 radical (unpaired) electrons. The van der Waals surface area contributed by atoms with Crippen LogP contribution in [0.4, 0.5) is 0 Å². The lowest BCUT2D eigenvalue weighted by Gasteiger charge is -2.19. The van der Waals surface area contributed by atoms with Crippen LogP contribution in [0.5, 0.6) is 0 Å². The summed E-state index contributed by atoms with van der Waals surface area (Å²) in [7, 11) is 1.55. The molecule has 0 bridgehead atoms. The first-order chi connectivity index (χ1) is 13.8. The monoisotopic (exact) mass is 435 g/mol. The van der Waals surface area contributed by atoms with Gasteiger partial charge >= 0.3 is 11.9 Å². The van der Waals surface area contributed by atoms with Gasteiger partial charge in [0.25, 0.3) is 0 Å². The Balaban J connectivity index is 4.54. The van der Waals surface area contributed by atoms with Crippen LogP contribution in [-0.4, -0.2) is 80.3 Å². The van der Waals surface area contributed by atoms with Crippen LogP contribution in [-0.2, 0) is 33.4 Å². The Morgan fingerprint density at radius 2 is 1.76 bits per heavy atom. The number of thioether (sulfide) groups is 1. The van der Waals surface area contributed by atoms with Crippen molar-refractivity contribution < 1.29 is 38.5 Å². The second-order valence-corrected chi connectivity index (χ2v) is 7.47. The molecule has 29 heavy (non-hydrogen) atoms. The fourth-order valence-corrected chi connectivity index (χ4v) is 2.91. The van der Waals surface area contributed by atoms with Crippen LogP contribution < -0.4 is 5.32 Å². The van der Waals surface area contributed by atoms with Gasteiger partial charge in [-0.2, -0.15) is 11.8 Å². The van der Waals surface area contributed by atoms with E-state index in [1.807, 2.05) is 6.26 Å². The number of esters is 1. The summed E-state index contributed by atoms with van der Waals surface area (Å²) >= 11 is 1.47. The lowest BCUT2D eigenvalue weighted by Crippen LogP contribution is -2.46. The molecule has 0 aromatic heterocycles. The Labute approximate surface area is 176 Å². The van der Waals surface area contributed by atoms with Crippen molar-refractivity contribution in [1.29, 1.82) is 0 Å². The molecule has 0 aliphatic heterocycles. The van der Waals surface area contributed by atoms with E-state index in [1.54, 1.807) is 21.0 Å². The molecule has 0 saturated carbocycles. The number of hydrogen-bond donors (Lipinski definition) is 2. The minimum Gasteiger partial charge on any atom is -0.480 e. The lowest BCUT2D eigenvalue weighted by molar-refractivity contribution is -0.152. The summed E-state index contributed by atoms with van der Waals surface area (Å²) in [6.45, 7) is 4.34. The van der Waals surface area contributed by atoms with Crippen molar-refractivity contribution in [2.24, 2.45) is 11.8 Å². The average Bonchev–Trinajstić information content (AvgIpc) is 2.67. The van der Waals surface area contributed by atoms with E-state index in [0.717, 1.165) is 0 Å². The van der Waals surface area contributed by atoms with Gasteiger partial charge in [-0.25, -0.2) is 4.79 Å². The Bertz CT molecular complexity index is 528. The number of amides is 1. The van der Waals surface area contributed by atoms with Crippen molar-refractivity contribution in [1.82, 2.24) is 5.32 Å². The van der Waals surface area contributed by atoms with Crippen molar-refractivity contribution in [3.63, 3.8) is 0 Å². The summed E-state index contributed by atoms with van der Waals surface area (Å²) in [6.07, 6.45) is 2.17. The number of carboxylic acid groups (broad SMARTS) is 1. The number of nitrogens with one attached hydrogen (secondary N) is 1. The highest BCUT2D eigenvalue weighted by molar-refractivity contribution is 7.98. The molecular formula is C19H33NO8S. The Morgan fingerprint density at radius 3 is 2.31 bits per heavy atom. The number of ketones is 1. The number of methoxy groups -OCH3 is 1. The predicted molar refractivity (Wildman–Crippen MR) is 109 cm³/mol. The van der Waals surface area contributed by atoms with Gasteiger partial charge in [0.05, 0.1) is 31.7 Å². The number of carbonyl (C=O) groups is 4. The molecule has 0 rings (SSSR count). The summed E-state index contributed by atoms with van der Waals surface area (Å²) in [6, 6.07) is -1.04. The molecule has 168 valence electrons. The summed E-state index contributed by atoms with van der Waals surface area (Å²) < 4.78 is 15.1. The van der Waals surface area contributed by atoms with Crippen molar-refractivity contribution in [3.8, 4) is 0 Å². The Kier molecular flexibility index (Phi) is 15.3. The minimum atomic E-state index is -1.14. The molecule has 10 heteroatoms. The zero-order valence-electron chi connectivity index (χ0n) is 17.6. The fraction of sp³-hybridized carbons (Fsp3) is 0.789. The molecule has 1 amide bonds. The highest BCUT2D eigenvalue weighted by Crippen LogP contribution is 2.15. The van der Waals surface area contributed by atoms with E-state index in [9.17, 15) is 24.3 Å². The number of carboxylic acids is 1. The fourth-order valence-electron chi connectivity index (χ4n) is 2.44. The number of Topliss-reactive ketones (excluding diaryl/α,β-unsaturated/α-hetero) is 1. The Hall–Kier alpha value is -1.65. The first-order valence-electron chi connectivity index (χ1n) is 9.56. The SMILES string of the molecule is CCC(C(=O)CC(C)C(=O)OCCOCCOC)C(=O)N[C@H](CCSC)C(=O)O. The molecule has 2 unspecified atom stereocenters. The van der Waals surface area contributed by atoms with Crippen LogP contribution >= 0.6 is 11.8 Å². The largest absolute Gasteiger partial charge is 0.480 e. The molecular weight excluding hydrogens is 402 g/mol. The second kappa shape index (κ2) is 16.2. The third-order valence-corrected chi connectivity index (χ3v) is 4.80. The normalized spacial score (nSPS) is 13.9. The van der Waals surface area contributed by atoms with E-state index in [0.29, 0.717) is 19.0 Å². The molecule has 0 aliphatic carbocycles. The van der Waals surface area contributed by atoms with Gasteiger partial charge in [0.15, 0.2) is 0 Å². The van der Waals surface area contributed by atoms with Crippen molar-refractivity contribution in [2.45, 2.75) is 39.2 Å². The van der Waals surface area contributed by atoms with Crippen LogP contribution in [0.15, 0.2) is 0 Å². The summed E-state index contributed by atoms with van der Waals surface area (Å²) in [5.74, 6) is -3.88. The molecule has 0 fully saturated rings. The maximum Gasteiger partial charge on any atom is 0.326 e. The van der Waals surface area contributed by atoms with Crippen LogP contribution in [0.1, 0.15) is 33.1 Å².